The first-order valence-electron chi connectivity index (χ1n) is 9.75. The summed E-state index contributed by atoms with van der Waals surface area (Å²) in [5.41, 5.74) is 1.20. The molecule has 1 N–H and O–H groups in total. The molecule has 0 radical (unpaired) electrons. The van der Waals surface area contributed by atoms with E-state index in [1.54, 1.807) is 14.2 Å². The van der Waals surface area contributed by atoms with E-state index in [-0.39, 0.29) is 0 Å². The van der Waals surface area contributed by atoms with E-state index < -0.39 is 0 Å². The summed E-state index contributed by atoms with van der Waals surface area (Å²) in [4.78, 5) is 6.98. The molecule has 0 fully saturated rings. The van der Waals surface area contributed by atoms with Crippen LogP contribution in [-0.4, -0.2) is 61.5 Å². The molecule has 1 unspecified atom stereocenters. The zero-order chi connectivity index (χ0) is 20.4. The Hall–Kier alpha value is -2.70. The molecule has 0 saturated heterocycles. The summed E-state index contributed by atoms with van der Waals surface area (Å²) in [6.45, 7) is 7.60. The Labute approximate surface area is 168 Å². The standard InChI is InChI=1S/C21H33N5O2/c1-6-22-21(23-15-17(2)16-26-12-7-11-24-26)25(3)13-10-18-8-9-19(27-4)20(14-18)28-5/h7-9,11-12,14,17H,6,10,13,15-16H2,1-5H3,(H,22,23). The Balaban J connectivity index is 1.93. The molecule has 0 aliphatic heterocycles. The normalized spacial score (nSPS) is 12.5. The SMILES string of the molecule is CCNC(=NCC(C)Cn1cccn1)N(C)CCc1ccc(OC)c(OC)c1. The van der Waals surface area contributed by atoms with Crippen LogP contribution in [0, 0.1) is 5.92 Å². The second-order valence-electron chi connectivity index (χ2n) is 6.89. The smallest absolute Gasteiger partial charge is 0.193 e. The maximum absolute atomic E-state index is 5.40. The van der Waals surface area contributed by atoms with Crippen molar-refractivity contribution in [1.29, 1.82) is 0 Å². The third-order valence-corrected chi connectivity index (χ3v) is 4.49. The average Bonchev–Trinajstić information content (AvgIpc) is 3.21. The highest BCUT2D eigenvalue weighted by molar-refractivity contribution is 5.79. The van der Waals surface area contributed by atoms with Gasteiger partial charge in [-0.3, -0.25) is 9.67 Å². The Kier molecular flexibility index (Phi) is 8.65. The lowest BCUT2D eigenvalue weighted by Gasteiger charge is -2.23. The number of guanidine groups is 1. The van der Waals surface area contributed by atoms with Gasteiger partial charge in [0.15, 0.2) is 17.5 Å². The lowest BCUT2D eigenvalue weighted by Crippen LogP contribution is -2.40. The number of benzene rings is 1. The van der Waals surface area contributed by atoms with Crippen molar-refractivity contribution < 1.29 is 9.47 Å². The Bertz CT molecular complexity index is 730. The molecule has 28 heavy (non-hydrogen) atoms. The van der Waals surface area contributed by atoms with Gasteiger partial charge in [-0.2, -0.15) is 5.10 Å². The van der Waals surface area contributed by atoms with Crippen molar-refractivity contribution in [2.45, 2.75) is 26.8 Å². The van der Waals surface area contributed by atoms with E-state index >= 15 is 0 Å². The number of rotatable bonds is 10. The van der Waals surface area contributed by atoms with Gasteiger partial charge in [0.1, 0.15) is 0 Å². The Morgan fingerprint density at radius 1 is 1.29 bits per heavy atom. The zero-order valence-corrected chi connectivity index (χ0v) is 17.7. The topological polar surface area (TPSA) is 63.9 Å². The van der Waals surface area contributed by atoms with Crippen LogP contribution in [0.5, 0.6) is 11.5 Å². The first-order valence-corrected chi connectivity index (χ1v) is 9.75. The number of nitrogens with zero attached hydrogens (tertiary/aromatic N) is 4. The lowest BCUT2D eigenvalue weighted by atomic mass is 10.1. The summed E-state index contributed by atoms with van der Waals surface area (Å²) >= 11 is 0. The summed E-state index contributed by atoms with van der Waals surface area (Å²) in [5.74, 6) is 2.85. The van der Waals surface area contributed by atoms with Crippen molar-refractivity contribution in [3.63, 3.8) is 0 Å². The van der Waals surface area contributed by atoms with Crippen LogP contribution in [0.2, 0.25) is 0 Å². The van der Waals surface area contributed by atoms with Crippen LogP contribution < -0.4 is 14.8 Å². The van der Waals surface area contributed by atoms with E-state index in [0.29, 0.717) is 5.92 Å². The summed E-state index contributed by atoms with van der Waals surface area (Å²) < 4.78 is 12.7. The molecule has 1 atom stereocenters. The van der Waals surface area contributed by atoms with Crippen LogP contribution in [0.1, 0.15) is 19.4 Å². The predicted octanol–water partition coefficient (Wildman–Crippen LogP) is 2.68. The van der Waals surface area contributed by atoms with Crippen LogP contribution in [0.15, 0.2) is 41.7 Å². The third kappa shape index (κ3) is 6.48. The van der Waals surface area contributed by atoms with Gasteiger partial charge in [-0.1, -0.05) is 13.0 Å². The summed E-state index contributed by atoms with van der Waals surface area (Å²) in [7, 11) is 5.38. The van der Waals surface area contributed by atoms with Gasteiger partial charge < -0.3 is 19.7 Å². The highest BCUT2D eigenvalue weighted by atomic mass is 16.5. The van der Waals surface area contributed by atoms with Crippen molar-refractivity contribution in [3.05, 3.63) is 42.2 Å². The van der Waals surface area contributed by atoms with Gasteiger partial charge in [-0.15, -0.1) is 0 Å². The van der Waals surface area contributed by atoms with Crippen LogP contribution in [0.25, 0.3) is 0 Å². The minimum absolute atomic E-state index is 0.410. The fraction of sp³-hybridized carbons (Fsp3) is 0.524. The van der Waals surface area contributed by atoms with Crippen LogP contribution in [0.3, 0.4) is 0 Å². The molecule has 1 aromatic heterocycles. The van der Waals surface area contributed by atoms with Crippen molar-refractivity contribution in [2.24, 2.45) is 10.9 Å². The molecule has 0 bridgehead atoms. The molecule has 7 heteroatoms. The quantitative estimate of drug-likeness (QED) is 0.502. The minimum atomic E-state index is 0.410. The van der Waals surface area contributed by atoms with Crippen molar-refractivity contribution in [2.75, 3.05) is 40.9 Å². The molecule has 0 saturated carbocycles. The number of hydrogen-bond acceptors (Lipinski definition) is 4. The molecule has 2 aromatic rings. The minimum Gasteiger partial charge on any atom is -0.493 e. The van der Waals surface area contributed by atoms with Crippen LogP contribution in [0.4, 0.5) is 0 Å². The predicted molar refractivity (Wildman–Crippen MR) is 113 cm³/mol. The monoisotopic (exact) mass is 387 g/mol. The van der Waals surface area contributed by atoms with E-state index in [2.05, 4.69) is 42.3 Å². The van der Waals surface area contributed by atoms with Gasteiger partial charge >= 0.3 is 0 Å². The van der Waals surface area contributed by atoms with E-state index in [1.165, 1.54) is 5.56 Å². The molecule has 0 spiro atoms. The fourth-order valence-corrected chi connectivity index (χ4v) is 2.94. The second kappa shape index (κ2) is 11.2. The van der Waals surface area contributed by atoms with Crippen LogP contribution >= 0.6 is 0 Å². The molecule has 154 valence electrons. The van der Waals surface area contributed by atoms with Gasteiger partial charge in [0.05, 0.1) is 14.2 Å². The van der Waals surface area contributed by atoms with E-state index in [0.717, 1.165) is 50.1 Å². The maximum Gasteiger partial charge on any atom is 0.193 e. The molecule has 2 rings (SSSR count). The molecular weight excluding hydrogens is 354 g/mol. The van der Waals surface area contributed by atoms with E-state index in [9.17, 15) is 0 Å². The Morgan fingerprint density at radius 2 is 2.07 bits per heavy atom. The first-order chi connectivity index (χ1) is 13.6. The van der Waals surface area contributed by atoms with Gasteiger partial charge in [0.25, 0.3) is 0 Å². The zero-order valence-electron chi connectivity index (χ0n) is 17.7. The molecule has 0 aliphatic rings. The largest absolute Gasteiger partial charge is 0.493 e. The highest BCUT2D eigenvalue weighted by Gasteiger charge is 2.10. The molecule has 1 heterocycles. The number of aromatic nitrogens is 2. The number of methoxy groups -OCH3 is 2. The number of ether oxygens (including phenoxy) is 2. The molecule has 1 aromatic carbocycles. The second-order valence-corrected chi connectivity index (χ2v) is 6.89. The van der Waals surface area contributed by atoms with Crippen molar-refractivity contribution in [3.8, 4) is 11.5 Å². The molecule has 0 aliphatic carbocycles. The number of aliphatic imine (C=N–C) groups is 1. The third-order valence-electron chi connectivity index (χ3n) is 4.49. The Morgan fingerprint density at radius 3 is 2.71 bits per heavy atom. The number of nitrogens with one attached hydrogen (secondary N) is 1. The first kappa shape index (κ1) is 21.6. The fourth-order valence-electron chi connectivity index (χ4n) is 2.94. The van der Waals surface area contributed by atoms with Gasteiger partial charge in [-0.05, 0) is 43.0 Å². The van der Waals surface area contributed by atoms with Crippen LogP contribution in [-0.2, 0) is 13.0 Å². The number of likely N-dealkylation sites (N-methyl/N-ethyl adjacent to an activating group) is 1. The number of hydrogen-bond donors (Lipinski definition) is 1. The average molecular weight is 388 g/mol. The van der Waals surface area contributed by atoms with E-state index in [1.807, 2.05) is 35.3 Å². The van der Waals surface area contributed by atoms with Crippen molar-refractivity contribution >= 4 is 5.96 Å². The molecule has 7 nitrogen and oxygen atoms in total. The summed E-state index contributed by atoms with van der Waals surface area (Å²) in [5, 5.41) is 7.65. The summed E-state index contributed by atoms with van der Waals surface area (Å²) in [6, 6.07) is 8.00. The summed E-state index contributed by atoms with van der Waals surface area (Å²) in [6.07, 6.45) is 4.69. The maximum atomic E-state index is 5.40. The lowest BCUT2D eigenvalue weighted by molar-refractivity contribution is 0.354. The van der Waals surface area contributed by atoms with Gasteiger partial charge in [-0.25, -0.2) is 0 Å². The highest BCUT2D eigenvalue weighted by Crippen LogP contribution is 2.27. The molecular formula is C21H33N5O2. The van der Waals surface area contributed by atoms with Gasteiger partial charge in [0.2, 0.25) is 0 Å². The molecule has 0 amide bonds. The van der Waals surface area contributed by atoms with E-state index in [4.69, 9.17) is 14.5 Å². The van der Waals surface area contributed by atoms with Crippen molar-refractivity contribution in [1.82, 2.24) is 20.0 Å². The van der Waals surface area contributed by atoms with Gasteiger partial charge in [0, 0.05) is 45.6 Å².